The summed E-state index contributed by atoms with van der Waals surface area (Å²) >= 11 is 0. The molecule has 8 nitrogen and oxygen atoms in total. The van der Waals surface area contributed by atoms with E-state index in [-0.39, 0.29) is 12.0 Å². The molecule has 1 saturated heterocycles. The molecule has 8 heteroatoms. The van der Waals surface area contributed by atoms with Crippen LogP contribution >= 0.6 is 0 Å². The van der Waals surface area contributed by atoms with E-state index in [1.165, 1.54) is 6.42 Å². The maximum atomic E-state index is 12.2. The van der Waals surface area contributed by atoms with Crippen molar-refractivity contribution < 1.29 is 19.1 Å². The zero-order valence-corrected chi connectivity index (χ0v) is 15.4. The quantitative estimate of drug-likeness (QED) is 0.848. The third-order valence-corrected chi connectivity index (χ3v) is 3.69. The molecule has 25 heavy (non-hydrogen) atoms. The molecule has 0 aromatic carbocycles. The molecule has 0 saturated carbocycles. The largest absolute Gasteiger partial charge is 0.444 e. The number of anilines is 1. The van der Waals surface area contributed by atoms with Crippen LogP contribution in [0.4, 0.5) is 10.5 Å². The number of amides is 2. The number of rotatable bonds is 5. The fourth-order valence-electron chi connectivity index (χ4n) is 2.49. The molecule has 1 fully saturated rings. The molecule has 1 aromatic rings. The van der Waals surface area contributed by atoms with Crippen molar-refractivity contribution in [2.45, 2.75) is 71.2 Å². The summed E-state index contributed by atoms with van der Waals surface area (Å²) in [5, 5.41) is 9.48. The zero-order valence-electron chi connectivity index (χ0n) is 15.4. The fourth-order valence-corrected chi connectivity index (χ4v) is 2.49. The van der Waals surface area contributed by atoms with Gasteiger partial charge < -0.3 is 20.1 Å². The number of nitrogens with one attached hydrogen (secondary N) is 2. The number of carbonyl (C=O) groups excluding carboxylic acids is 2. The van der Waals surface area contributed by atoms with Crippen LogP contribution in [0, 0.1) is 0 Å². The number of aromatic nitrogens is 2. The molecule has 2 heterocycles. The van der Waals surface area contributed by atoms with Gasteiger partial charge >= 0.3 is 6.09 Å². The van der Waals surface area contributed by atoms with Crippen LogP contribution < -0.4 is 10.6 Å². The van der Waals surface area contributed by atoms with Crippen LogP contribution in [0.5, 0.6) is 0 Å². The van der Waals surface area contributed by atoms with E-state index < -0.39 is 17.7 Å². The summed E-state index contributed by atoms with van der Waals surface area (Å²) in [7, 11) is 0. The van der Waals surface area contributed by atoms with Gasteiger partial charge in [0.1, 0.15) is 11.6 Å². The lowest BCUT2D eigenvalue weighted by Crippen LogP contribution is -2.43. The first-order chi connectivity index (χ1) is 11.7. The Morgan fingerprint density at radius 2 is 2.20 bits per heavy atom. The second-order valence-electron chi connectivity index (χ2n) is 7.30. The molecule has 0 aliphatic carbocycles. The third-order valence-electron chi connectivity index (χ3n) is 3.69. The Hall–Kier alpha value is -2.09. The van der Waals surface area contributed by atoms with E-state index in [1.54, 1.807) is 44.8 Å². The molecule has 2 atom stereocenters. The molecule has 1 aliphatic rings. The van der Waals surface area contributed by atoms with Crippen LogP contribution in [0.1, 0.15) is 47.0 Å². The zero-order chi connectivity index (χ0) is 18.4. The van der Waals surface area contributed by atoms with E-state index in [0.717, 1.165) is 19.4 Å². The Labute approximate surface area is 148 Å². The molecule has 1 aromatic heterocycles. The van der Waals surface area contributed by atoms with Crippen molar-refractivity contribution in [3.63, 3.8) is 0 Å². The summed E-state index contributed by atoms with van der Waals surface area (Å²) in [6, 6.07) is -0.722. The van der Waals surface area contributed by atoms with Gasteiger partial charge in [-0.25, -0.2) is 4.79 Å². The van der Waals surface area contributed by atoms with Crippen LogP contribution in [-0.4, -0.2) is 46.1 Å². The first-order valence-electron chi connectivity index (χ1n) is 8.67. The molecule has 0 spiro atoms. The minimum Gasteiger partial charge on any atom is -0.444 e. The molecule has 2 amide bonds. The van der Waals surface area contributed by atoms with Crippen molar-refractivity contribution in [2.24, 2.45) is 0 Å². The minimum absolute atomic E-state index is 0.171. The number of hydrogen-bond donors (Lipinski definition) is 2. The second-order valence-corrected chi connectivity index (χ2v) is 7.30. The first-order valence-corrected chi connectivity index (χ1v) is 8.67. The van der Waals surface area contributed by atoms with Crippen LogP contribution in [0.15, 0.2) is 12.4 Å². The van der Waals surface area contributed by atoms with E-state index in [9.17, 15) is 9.59 Å². The van der Waals surface area contributed by atoms with Gasteiger partial charge in [0.25, 0.3) is 0 Å². The van der Waals surface area contributed by atoms with E-state index in [0.29, 0.717) is 12.2 Å². The summed E-state index contributed by atoms with van der Waals surface area (Å²) in [6.07, 6.45) is 6.20. The van der Waals surface area contributed by atoms with Crippen LogP contribution in [0.3, 0.4) is 0 Å². The summed E-state index contributed by atoms with van der Waals surface area (Å²) in [5.74, 6) is -0.334. The lowest BCUT2D eigenvalue weighted by Gasteiger charge is -2.22. The lowest BCUT2D eigenvalue weighted by molar-refractivity contribution is -0.117. The van der Waals surface area contributed by atoms with Crippen molar-refractivity contribution in [1.82, 2.24) is 15.1 Å². The highest BCUT2D eigenvalue weighted by Crippen LogP contribution is 2.15. The highest BCUT2D eigenvalue weighted by atomic mass is 16.6. The van der Waals surface area contributed by atoms with E-state index in [4.69, 9.17) is 9.47 Å². The Bertz CT molecular complexity index is 588. The van der Waals surface area contributed by atoms with Crippen molar-refractivity contribution >= 4 is 17.7 Å². The second kappa shape index (κ2) is 8.33. The summed E-state index contributed by atoms with van der Waals surface area (Å²) < 4.78 is 12.6. The SMILES string of the molecule is C[C@@H](NC(=O)OC(C)(C)C)C(=O)Nc1cnn(C[C@@H]2CCCCO2)c1. The normalized spacial score (nSPS) is 19.1. The predicted octanol–water partition coefficient (Wildman–Crippen LogP) is 2.30. The standard InChI is InChI=1S/C17H28N4O4/c1-12(19-16(23)25-17(2,3)4)15(22)20-13-9-18-21(10-13)11-14-7-5-6-8-24-14/h9-10,12,14H,5-8,11H2,1-4H3,(H,19,23)(H,20,22)/t12-,14+/m1/s1. The third kappa shape index (κ3) is 6.74. The van der Waals surface area contributed by atoms with Gasteiger partial charge in [-0.15, -0.1) is 0 Å². The van der Waals surface area contributed by atoms with Gasteiger partial charge in [-0.05, 0) is 47.0 Å². The number of carbonyl (C=O) groups is 2. The average Bonchev–Trinajstić information content (AvgIpc) is 2.93. The molecular formula is C17H28N4O4. The topological polar surface area (TPSA) is 94.5 Å². The average molecular weight is 352 g/mol. The number of alkyl carbamates (subject to hydrolysis) is 1. The van der Waals surface area contributed by atoms with E-state index in [2.05, 4.69) is 15.7 Å². The number of nitrogens with zero attached hydrogens (tertiary/aromatic N) is 2. The molecule has 2 rings (SSSR count). The fraction of sp³-hybridized carbons (Fsp3) is 0.706. The summed E-state index contributed by atoms with van der Waals surface area (Å²) in [6.45, 7) is 8.36. The van der Waals surface area contributed by atoms with E-state index in [1.807, 2.05) is 0 Å². The van der Waals surface area contributed by atoms with Gasteiger partial charge in [0.2, 0.25) is 5.91 Å². The Balaban J connectivity index is 1.80. The van der Waals surface area contributed by atoms with Gasteiger partial charge in [0.15, 0.2) is 0 Å². The smallest absolute Gasteiger partial charge is 0.408 e. The predicted molar refractivity (Wildman–Crippen MR) is 93.3 cm³/mol. The Kier molecular flexibility index (Phi) is 6.41. The van der Waals surface area contributed by atoms with Crippen molar-refractivity contribution in [3.05, 3.63) is 12.4 Å². The van der Waals surface area contributed by atoms with Gasteiger partial charge in [-0.2, -0.15) is 5.10 Å². The maximum absolute atomic E-state index is 12.2. The van der Waals surface area contributed by atoms with Crippen LogP contribution in [0.25, 0.3) is 0 Å². The molecule has 0 unspecified atom stereocenters. The highest BCUT2D eigenvalue weighted by Gasteiger charge is 2.21. The lowest BCUT2D eigenvalue weighted by atomic mass is 10.1. The monoisotopic (exact) mass is 352 g/mol. The molecule has 0 bridgehead atoms. The van der Waals surface area contributed by atoms with Crippen molar-refractivity contribution in [2.75, 3.05) is 11.9 Å². The molecular weight excluding hydrogens is 324 g/mol. The summed E-state index contributed by atoms with van der Waals surface area (Å²) in [5.41, 5.74) is -0.0264. The minimum atomic E-state index is -0.722. The summed E-state index contributed by atoms with van der Waals surface area (Å²) in [4.78, 5) is 23.9. The van der Waals surface area contributed by atoms with Crippen molar-refractivity contribution in [1.29, 1.82) is 0 Å². The van der Waals surface area contributed by atoms with Gasteiger partial charge in [-0.3, -0.25) is 9.48 Å². The van der Waals surface area contributed by atoms with Gasteiger partial charge in [0, 0.05) is 12.8 Å². The first kappa shape index (κ1) is 19.2. The Morgan fingerprint density at radius 3 is 2.84 bits per heavy atom. The molecule has 0 radical (unpaired) electrons. The van der Waals surface area contributed by atoms with E-state index >= 15 is 0 Å². The highest BCUT2D eigenvalue weighted by molar-refractivity contribution is 5.96. The van der Waals surface area contributed by atoms with Gasteiger partial charge in [0.05, 0.1) is 24.5 Å². The molecule has 140 valence electrons. The maximum Gasteiger partial charge on any atom is 0.408 e. The molecule has 1 aliphatic heterocycles. The Morgan fingerprint density at radius 1 is 1.44 bits per heavy atom. The number of hydrogen-bond acceptors (Lipinski definition) is 5. The van der Waals surface area contributed by atoms with Crippen molar-refractivity contribution in [3.8, 4) is 0 Å². The molecule has 2 N–H and O–H groups in total. The number of ether oxygens (including phenoxy) is 2. The van der Waals surface area contributed by atoms with Gasteiger partial charge in [-0.1, -0.05) is 0 Å². The van der Waals surface area contributed by atoms with Crippen LogP contribution in [-0.2, 0) is 20.8 Å². The van der Waals surface area contributed by atoms with Crippen LogP contribution in [0.2, 0.25) is 0 Å².